The zero-order chi connectivity index (χ0) is 27.0. The molecule has 2 N–H and O–H groups in total. The Labute approximate surface area is 225 Å². The molecule has 0 amide bonds. The molecule has 1 atom stereocenters. The summed E-state index contributed by atoms with van der Waals surface area (Å²) < 4.78 is 1.75. The predicted octanol–water partition coefficient (Wildman–Crippen LogP) is 4.74. The van der Waals surface area contributed by atoms with Crippen molar-refractivity contribution >= 4 is 36.3 Å². The van der Waals surface area contributed by atoms with Crippen molar-refractivity contribution in [3.8, 4) is 5.82 Å². The lowest BCUT2D eigenvalue weighted by Gasteiger charge is -2.22. The Balaban J connectivity index is 1.71. The van der Waals surface area contributed by atoms with E-state index in [9.17, 15) is 9.59 Å². The maximum Gasteiger partial charge on any atom is 0.332 e. The summed E-state index contributed by atoms with van der Waals surface area (Å²) in [6.45, 7) is 3.92. The number of hydrogen-bond donors (Lipinski definition) is 2. The van der Waals surface area contributed by atoms with Gasteiger partial charge in [0.05, 0.1) is 0 Å². The first-order chi connectivity index (χ1) is 18.2. The molecule has 0 radical (unpaired) electrons. The summed E-state index contributed by atoms with van der Waals surface area (Å²) in [6, 6.07) is 14.5. The maximum absolute atomic E-state index is 13.1. The van der Waals surface area contributed by atoms with Gasteiger partial charge in [0.2, 0.25) is 5.95 Å². The van der Waals surface area contributed by atoms with Gasteiger partial charge < -0.3 is 10.0 Å². The summed E-state index contributed by atoms with van der Waals surface area (Å²) >= 11 is 5.73. The fourth-order valence-corrected chi connectivity index (χ4v) is 5.09. The van der Waals surface area contributed by atoms with Crippen molar-refractivity contribution in [3.63, 3.8) is 0 Å². The number of fused-ring (bicyclic) bond motifs is 2. The highest BCUT2D eigenvalue weighted by Crippen LogP contribution is 2.40. The van der Waals surface area contributed by atoms with Crippen LogP contribution in [-0.2, 0) is 11.2 Å². The minimum atomic E-state index is -1.01. The molecular weight excluding hydrogens is 498 g/mol. The topological polar surface area (TPSA) is 104 Å². The molecule has 38 heavy (non-hydrogen) atoms. The Hall–Kier alpha value is -4.37. The van der Waals surface area contributed by atoms with Crippen molar-refractivity contribution in [1.82, 2.24) is 19.5 Å². The molecule has 9 heteroatoms. The number of aliphatic carboxylic acids is 1. The number of aryl methyl sites for hydroxylation is 2. The van der Waals surface area contributed by atoms with Crippen molar-refractivity contribution < 1.29 is 9.90 Å². The van der Waals surface area contributed by atoms with Gasteiger partial charge in [-0.25, -0.2) is 9.78 Å². The van der Waals surface area contributed by atoms with Crippen LogP contribution in [0, 0.1) is 11.6 Å². The van der Waals surface area contributed by atoms with Crippen molar-refractivity contribution in [2.24, 2.45) is 0 Å². The second-order valence-corrected chi connectivity index (χ2v) is 9.80. The molecule has 8 nitrogen and oxygen atoms in total. The van der Waals surface area contributed by atoms with Crippen LogP contribution in [0.4, 0.5) is 5.95 Å². The number of carbonyl (C=O) groups is 1. The van der Waals surface area contributed by atoms with Crippen LogP contribution in [0.25, 0.3) is 18.0 Å². The third-order valence-corrected chi connectivity index (χ3v) is 7.07. The molecule has 2 heterocycles. The fourth-order valence-electron chi connectivity index (χ4n) is 4.83. The summed E-state index contributed by atoms with van der Waals surface area (Å²) in [5.74, 6) is -0.737. The first kappa shape index (κ1) is 25.3. The van der Waals surface area contributed by atoms with E-state index in [0.717, 1.165) is 39.8 Å². The van der Waals surface area contributed by atoms with E-state index in [1.54, 1.807) is 19.3 Å². The minimum absolute atomic E-state index is 0.192. The molecule has 0 saturated carbocycles. The normalized spacial score (nSPS) is 13.9. The number of H-pyrrole nitrogens is 1. The van der Waals surface area contributed by atoms with E-state index < -0.39 is 11.7 Å². The van der Waals surface area contributed by atoms with E-state index >= 15 is 0 Å². The van der Waals surface area contributed by atoms with Gasteiger partial charge in [0.25, 0.3) is 0 Å². The molecular formula is C29H27N5O3S. The van der Waals surface area contributed by atoms with Crippen LogP contribution in [0.1, 0.15) is 51.8 Å². The number of hydrogen-bond acceptors (Lipinski definition) is 6. The second-order valence-electron chi connectivity index (χ2n) is 9.39. The molecule has 1 aliphatic carbocycles. The molecule has 1 unspecified atom stereocenters. The van der Waals surface area contributed by atoms with E-state index in [1.165, 1.54) is 21.2 Å². The first-order valence-corrected chi connectivity index (χ1v) is 12.7. The molecule has 0 saturated heterocycles. The molecule has 2 aromatic carbocycles. The van der Waals surface area contributed by atoms with Gasteiger partial charge in [0, 0.05) is 37.0 Å². The smallest absolute Gasteiger partial charge is 0.332 e. The van der Waals surface area contributed by atoms with Gasteiger partial charge in [-0.2, -0.15) is 4.98 Å². The van der Waals surface area contributed by atoms with Crippen molar-refractivity contribution in [1.29, 1.82) is 0 Å². The Kier molecular flexibility index (Phi) is 6.77. The number of carboxylic acid groups (broad SMARTS) is 1. The van der Waals surface area contributed by atoms with Gasteiger partial charge >= 0.3 is 11.7 Å². The number of likely N-dealkylation sites (N-methyl/N-ethyl adjacent to an activating group) is 1. The molecule has 2 aromatic heterocycles. The van der Waals surface area contributed by atoms with E-state index in [1.807, 2.05) is 0 Å². The Morgan fingerprint density at radius 2 is 1.82 bits per heavy atom. The molecule has 5 rings (SSSR count). The average Bonchev–Trinajstić information content (AvgIpc) is 3.04. The number of rotatable bonds is 6. The van der Waals surface area contributed by atoms with Gasteiger partial charge in [0.1, 0.15) is 17.0 Å². The largest absolute Gasteiger partial charge is 0.480 e. The average molecular weight is 526 g/mol. The zero-order valence-electron chi connectivity index (χ0n) is 21.3. The van der Waals surface area contributed by atoms with Gasteiger partial charge in [-0.05, 0) is 41.2 Å². The molecule has 0 bridgehead atoms. The number of aromatic amines is 1. The maximum atomic E-state index is 13.1. The third kappa shape index (κ3) is 4.80. The Bertz CT molecular complexity index is 1710. The Morgan fingerprint density at radius 1 is 1.11 bits per heavy atom. The molecule has 192 valence electrons. The van der Waals surface area contributed by atoms with E-state index in [4.69, 9.17) is 17.3 Å². The highest BCUT2D eigenvalue weighted by atomic mass is 32.1. The van der Waals surface area contributed by atoms with Crippen molar-refractivity contribution in [2.45, 2.75) is 26.2 Å². The number of nitrogens with one attached hydrogen (secondary N) is 1. The van der Waals surface area contributed by atoms with Gasteiger partial charge in [0.15, 0.2) is 0 Å². The van der Waals surface area contributed by atoms with E-state index in [0.29, 0.717) is 10.5 Å². The van der Waals surface area contributed by atoms with Gasteiger partial charge in [-0.3, -0.25) is 14.3 Å². The van der Waals surface area contributed by atoms with Gasteiger partial charge in [-0.1, -0.05) is 73.3 Å². The molecule has 1 aliphatic rings. The molecule has 0 aliphatic heterocycles. The molecule has 0 fully saturated rings. The number of anilines is 1. The van der Waals surface area contributed by atoms with Crippen LogP contribution in [0.5, 0.6) is 0 Å². The standard InChI is InChI=1S/C29H27N5O3S/c1-4-18-6-10-22-20(14-18)8-7-19-13-17(2)5-9-21(19)26(22)23-15-34(29(37)32-27(23)38)24-11-12-30-28(31-24)33(3)16-25(35)36/h5-15,26H,4,16H2,1-3H3,(H,35,36)(H,32,37,38). The highest BCUT2D eigenvalue weighted by molar-refractivity contribution is 7.71. The van der Waals surface area contributed by atoms with Crippen molar-refractivity contribution in [2.75, 3.05) is 18.5 Å². The Morgan fingerprint density at radius 3 is 2.53 bits per heavy atom. The second kappa shape index (κ2) is 10.2. The quantitative estimate of drug-likeness (QED) is 0.309. The summed E-state index contributed by atoms with van der Waals surface area (Å²) in [5.41, 5.74) is 7.09. The van der Waals surface area contributed by atoms with E-state index in [-0.39, 0.29) is 18.4 Å². The summed E-state index contributed by atoms with van der Waals surface area (Å²) in [4.78, 5) is 37.1. The van der Waals surface area contributed by atoms with Crippen LogP contribution in [0.15, 0.2) is 59.7 Å². The summed E-state index contributed by atoms with van der Waals surface area (Å²) in [7, 11) is 1.58. The fraction of sp³-hybridized carbons (Fsp3) is 0.207. The lowest BCUT2D eigenvalue weighted by molar-refractivity contribution is -0.135. The SMILES string of the molecule is CCc1ccc2c(c1)C=Cc1cc(C)ccc1C2c1cn(-c2ccnc(N(C)CC(=O)O)n2)c(=O)[nH]c1=S. The van der Waals surface area contributed by atoms with Crippen molar-refractivity contribution in [3.05, 3.63) is 109 Å². The monoisotopic (exact) mass is 525 g/mol. The van der Waals surface area contributed by atoms with Crippen LogP contribution >= 0.6 is 12.2 Å². The summed E-state index contributed by atoms with van der Waals surface area (Å²) in [6.07, 6.45) is 8.44. The molecule has 4 aromatic rings. The number of nitrogens with zero attached hydrogens (tertiary/aromatic N) is 4. The number of carboxylic acids is 1. The number of aromatic nitrogens is 4. The lowest BCUT2D eigenvalue weighted by Crippen LogP contribution is -2.28. The van der Waals surface area contributed by atoms with E-state index in [2.05, 4.69) is 77.3 Å². The van der Waals surface area contributed by atoms with Crippen LogP contribution in [0.2, 0.25) is 0 Å². The zero-order valence-corrected chi connectivity index (χ0v) is 22.1. The predicted molar refractivity (Wildman–Crippen MR) is 151 cm³/mol. The number of benzene rings is 2. The van der Waals surface area contributed by atoms with Gasteiger partial charge in [-0.15, -0.1) is 0 Å². The highest BCUT2D eigenvalue weighted by Gasteiger charge is 2.26. The van der Waals surface area contributed by atoms with Crippen LogP contribution in [-0.4, -0.2) is 44.2 Å². The van der Waals surface area contributed by atoms with Crippen LogP contribution in [0.3, 0.4) is 0 Å². The third-order valence-electron chi connectivity index (χ3n) is 6.74. The summed E-state index contributed by atoms with van der Waals surface area (Å²) in [5, 5.41) is 9.15. The minimum Gasteiger partial charge on any atom is -0.480 e. The lowest BCUT2D eigenvalue weighted by atomic mass is 9.82. The molecule has 0 spiro atoms. The first-order valence-electron chi connectivity index (χ1n) is 12.3. The van der Waals surface area contributed by atoms with Crippen LogP contribution < -0.4 is 10.6 Å².